The molecule has 1 atom stereocenters. The third kappa shape index (κ3) is 2.94. The van der Waals surface area contributed by atoms with Gasteiger partial charge < -0.3 is 14.7 Å². The van der Waals surface area contributed by atoms with Gasteiger partial charge in [-0.2, -0.15) is 0 Å². The fraction of sp³-hybridized carbons (Fsp3) is 0.591. The van der Waals surface area contributed by atoms with Gasteiger partial charge in [-0.05, 0) is 57.2 Å². The van der Waals surface area contributed by atoms with Crippen LogP contribution in [0.3, 0.4) is 0 Å². The van der Waals surface area contributed by atoms with Crippen molar-refractivity contribution in [2.45, 2.75) is 56.8 Å². The molecule has 1 saturated heterocycles. The molecule has 0 aromatic carbocycles. The molecule has 148 valence electrons. The molecule has 6 heteroatoms. The van der Waals surface area contributed by atoms with Gasteiger partial charge in [-0.15, -0.1) is 0 Å². The normalized spacial score (nSPS) is 25.6. The number of Topliss-reactive ketones (excluding diaryl/α,β-unsaturated/α-hetero) is 1. The lowest BCUT2D eigenvalue weighted by Crippen LogP contribution is -2.41. The highest BCUT2D eigenvalue weighted by atomic mass is 16.5. The molecule has 1 N–H and O–H groups in total. The van der Waals surface area contributed by atoms with E-state index in [1.165, 1.54) is 0 Å². The molecule has 3 heterocycles. The average molecular weight is 380 g/mol. The van der Waals surface area contributed by atoms with E-state index in [0.29, 0.717) is 12.2 Å². The maximum absolute atomic E-state index is 12.9. The molecule has 0 bridgehead atoms. The maximum Gasteiger partial charge on any atom is 0.188 e. The number of pyridine rings is 1. The Kier molecular flexibility index (Phi) is 4.67. The van der Waals surface area contributed by atoms with Crippen LogP contribution in [0, 0.1) is 0 Å². The molecule has 2 aromatic heterocycles. The van der Waals surface area contributed by atoms with Crippen LogP contribution in [0.4, 0.5) is 5.82 Å². The summed E-state index contributed by atoms with van der Waals surface area (Å²) in [5.41, 5.74) is 2.46. The molecule has 0 amide bonds. The molecule has 1 aliphatic heterocycles. The highest BCUT2D eigenvalue weighted by molar-refractivity contribution is 5.91. The van der Waals surface area contributed by atoms with Crippen molar-refractivity contribution in [3.63, 3.8) is 0 Å². The van der Waals surface area contributed by atoms with Crippen LogP contribution < -0.4 is 10.2 Å². The van der Waals surface area contributed by atoms with E-state index >= 15 is 0 Å². The van der Waals surface area contributed by atoms with Crippen molar-refractivity contribution in [2.24, 2.45) is 0 Å². The average Bonchev–Trinajstić information content (AvgIpc) is 2.98. The summed E-state index contributed by atoms with van der Waals surface area (Å²) in [5.74, 6) is 2.12. The Bertz CT molecular complexity index is 869. The molecular weight excluding hydrogens is 352 g/mol. The van der Waals surface area contributed by atoms with Crippen LogP contribution in [-0.4, -0.2) is 42.1 Å². The summed E-state index contributed by atoms with van der Waals surface area (Å²) in [6, 6.07) is 6.13. The number of anilines is 1. The third-order valence-corrected chi connectivity index (χ3v) is 6.69. The number of nitrogens with zero attached hydrogens (tertiary/aromatic N) is 3. The molecule has 3 aliphatic rings. The van der Waals surface area contributed by atoms with Gasteiger partial charge in [-0.25, -0.2) is 4.98 Å². The highest BCUT2D eigenvalue weighted by Gasteiger charge is 2.47. The zero-order chi connectivity index (χ0) is 19.0. The first-order valence-corrected chi connectivity index (χ1v) is 10.7. The summed E-state index contributed by atoms with van der Waals surface area (Å²) in [7, 11) is 0. The van der Waals surface area contributed by atoms with Crippen LogP contribution in [0.2, 0.25) is 0 Å². The molecule has 2 fully saturated rings. The fourth-order valence-electron chi connectivity index (χ4n) is 5.21. The summed E-state index contributed by atoms with van der Waals surface area (Å²) < 4.78 is 5.85. The Morgan fingerprint density at radius 3 is 2.89 bits per heavy atom. The Morgan fingerprint density at radius 1 is 1.04 bits per heavy atom. The Morgan fingerprint density at radius 2 is 1.96 bits per heavy atom. The van der Waals surface area contributed by atoms with Gasteiger partial charge in [0.2, 0.25) is 0 Å². The zero-order valence-corrected chi connectivity index (χ0v) is 16.4. The molecule has 1 spiro atoms. The molecule has 0 radical (unpaired) electrons. The quantitative estimate of drug-likeness (QED) is 0.862. The number of rotatable bonds is 2. The van der Waals surface area contributed by atoms with Gasteiger partial charge in [0.1, 0.15) is 23.0 Å². The molecular formula is C22H28N4O2. The third-order valence-electron chi connectivity index (χ3n) is 6.69. The summed E-state index contributed by atoms with van der Waals surface area (Å²) in [4.78, 5) is 20.1. The van der Waals surface area contributed by atoms with Crippen LogP contribution >= 0.6 is 0 Å². The summed E-state index contributed by atoms with van der Waals surface area (Å²) in [6.07, 6.45) is 7.68. The molecule has 2 aromatic rings. The SMILES string of the molecule is O=C1CCCC[C@@]12CCCc1c2noc1-c1cccc(N2CCCNCC2)n1. The van der Waals surface area contributed by atoms with Gasteiger partial charge in [0.25, 0.3) is 0 Å². The van der Waals surface area contributed by atoms with Crippen LogP contribution in [0.1, 0.15) is 56.2 Å². The van der Waals surface area contributed by atoms with Gasteiger partial charge in [0.05, 0.1) is 5.41 Å². The van der Waals surface area contributed by atoms with E-state index in [1.807, 2.05) is 6.07 Å². The predicted octanol–water partition coefficient (Wildman–Crippen LogP) is 3.25. The van der Waals surface area contributed by atoms with Crippen molar-refractivity contribution in [1.29, 1.82) is 0 Å². The molecule has 2 aliphatic carbocycles. The van der Waals surface area contributed by atoms with Gasteiger partial charge in [0, 0.05) is 31.6 Å². The lowest BCUT2D eigenvalue weighted by molar-refractivity contribution is -0.127. The van der Waals surface area contributed by atoms with Crippen molar-refractivity contribution in [1.82, 2.24) is 15.5 Å². The van der Waals surface area contributed by atoms with E-state index in [-0.39, 0.29) is 0 Å². The number of ketones is 1. The molecule has 6 nitrogen and oxygen atoms in total. The van der Waals surface area contributed by atoms with E-state index < -0.39 is 5.41 Å². The number of aromatic nitrogens is 2. The van der Waals surface area contributed by atoms with E-state index in [0.717, 1.165) is 99.7 Å². The van der Waals surface area contributed by atoms with Gasteiger partial charge in [-0.1, -0.05) is 17.6 Å². The number of fused-ring (bicyclic) bond motifs is 2. The van der Waals surface area contributed by atoms with E-state index in [2.05, 4.69) is 27.5 Å². The van der Waals surface area contributed by atoms with Crippen LogP contribution in [0.15, 0.2) is 22.7 Å². The lowest BCUT2D eigenvalue weighted by Gasteiger charge is -2.37. The summed E-state index contributed by atoms with van der Waals surface area (Å²) in [5, 5.41) is 7.90. The summed E-state index contributed by atoms with van der Waals surface area (Å²) >= 11 is 0. The van der Waals surface area contributed by atoms with Crippen molar-refractivity contribution in [2.75, 3.05) is 31.1 Å². The lowest BCUT2D eigenvalue weighted by atomic mass is 9.64. The van der Waals surface area contributed by atoms with Crippen molar-refractivity contribution < 1.29 is 9.32 Å². The van der Waals surface area contributed by atoms with Crippen LogP contribution in [-0.2, 0) is 16.6 Å². The molecule has 1 saturated carbocycles. The first-order chi connectivity index (χ1) is 13.8. The number of carbonyl (C=O) groups is 1. The zero-order valence-electron chi connectivity index (χ0n) is 16.4. The summed E-state index contributed by atoms with van der Waals surface area (Å²) in [6.45, 7) is 4.01. The monoisotopic (exact) mass is 380 g/mol. The topological polar surface area (TPSA) is 71.3 Å². The molecule has 28 heavy (non-hydrogen) atoms. The van der Waals surface area contributed by atoms with Crippen LogP contribution in [0.25, 0.3) is 11.5 Å². The minimum Gasteiger partial charge on any atom is -0.355 e. The smallest absolute Gasteiger partial charge is 0.188 e. The van der Waals surface area contributed by atoms with E-state index in [4.69, 9.17) is 9.51 Å². The fourth-order valence-corrected chi connectivity index (χ4v) is 5.21. The van der Waals surface area contributed by atoms with Gasteiger partial charge in [-0.3, -0.25) is 4.79 Å². The number of nitrogens with one attached hydrogen (secondary N) is 1. The molecule has 5 rings (SSSR count). The molecule has 0 unspecified atom stereocenters. The number of carbonyl (C=O) groups excluding carboxylic acids is 1. The van der Waals surface area contributed by atoms with Crippen molar-refractivity contribution in [3.05, 3.63) is 29.5 Å². The van der Waals surface area contributed by atoms with Crippen LogP contribution in [0.5, 0.6) is 0 Å². The predicted molar refractivity (Wildman–Crippen MR) is 108 cm³/mol. The van der Waals surface area contributed by atoms with Crippen molar-refractivity contribution >= 4 is 11.6 Å². The minimum absolute atomic E-state index is 0.360. The Hall–Kier alpha value is -2.21. The van der Waals surface area contributed by atoms with Gasteiger partial charge >= 0.3 is 0 Å². The van der Waals surface area contributed by atoms with Gasteiger partial charge in [0.15, 0.2) is 5.76 Å². The van der Waals surface area contributed by atoms with E-state index in [9.17, 15) is 4.79 Å². The number of hydrogen-bond donors (Lipinski definition) is 1. The van der Waals surface area contributed by atoms with E-state index in [1.54, 1.807) is 0 Å². The highest BCUT2D eigenvalue weighted by Crippen LogP contribution is 2.47. The standard InChI is InChI=1S/C22H28N4O2/c27-18-8-1-2-10-22(18)11-4-6-16-20(28-25-21(16)22)17-7-3-9-19(24-17)26-14-5-12-23-13-15-26/h3,7,9,23H,1-2,4-6,8,10-15H2/t22-/m1/s1. The Labute approximate surface area is 165 Å². The van der Waals surface area contributed by atoms with Crippen molar-refractivity contribution in [3.8, 4) is 11.5 Å². The second kappa shape index (κ2) is 7.32. The number of hydrogen-bond acceptors (Lipinski definition) is 6. The first-order valence-electron chi connectivity index (χ1n) is 10.7. The largest absolute Gasteiger partial charge is 0.355 e. The Balaban J connectivity index is 1.51. The second-order valence-corrected chi connectivity index (χ2v) is 8.38. The second-order valence-electron chi connectivity index (χ2n) is 8.38. The first kappa shape index (κ1) is 17.9. The maximum atomic E-state index is 12.9. The minimum atomic E-state index is -0.401.